The van der Waals surface area contributed by atoms with Gasteiger partial charge < -0.3 is 4.74 Å². The Hall–Kier alpha value is -0.300. The predicted octanol–water partition coefficient (Wildman–Crippen LogP) is 2.63. The zero-order valence-electron chi connectivity index (χ0n) is 8.05. The Balaban J connectivity index is 2.11. The molecule has 0 aromatic heterocycles. The first-order valence-electron chi connectivity index (χ1n) is 5.04. The summed E-state index contributed by atoms with van der Waals surface area (Å²) in [4.78, 5) is 0. The molecule has 0 aromatic rings. The lowest BCUT2D eigenvalue weighted by molar-refractivity contribution is 0.0229. The van der Waals surface area contributed by atoms with Crippen molar-refractivity contribution in [2.45, 2.75) is 26.7 Å². The van der Waals surface area contributed by atoms with E-state index in [4.69, 9.17) is 4.74 Å². The zero-order valence-corrected chi connectivity index (χ0v) is 8.05. The number of hydrogen-bond acceptors (Lipinski definition) is 1. The molecule has 0 amide bonds. The van der Waals surface area contributed by atoms with Crippen LogP contribution in [-0.2, 0) is 4.74 Å². The molecule has 0 radical (unpaired) electrons. The van der Waals surface area contributed by atoms with Gasteiger partial charge in [-0.3, -0.25) is 0 Å². The van der Waals surface area contributed by atoms with Crippen LogP contribution in [-0.4, -0.2) is 13.2 Å². The van der Waals surface area contributed by atoms with E-state index in [-0.39, 0.29) is 0 Å². The number of allylic oxidation sites excluding steroid dienone is 1. The van der Waals surface area contributed by atoms with E-state index in [1.54, 1.807) is 5.57 Å². The largest absolute Gasteiger partial charge is 0.381 e. The van der Waals surface area contributed by atoms with Gasteiger partial charge in [0.2, 0.25) is 0 Å². The minimum atomic E-state index is 0.731. The molecule has 2 unspecified atom stereocenters. The highest BCUT2D eigenvalue weighted by molar-refractivity contribution is 5.12. The van der Waals surface area contributed by atoms with Crippen LogP contribution in [0.3, 0.4) is 0 Å². The number of hydrogen-bond donors (Lipinski definition) is 0. The van der Waals surface area contributed by atoms with Crippen molar-refractivity contribution in [2.24, 2.45) is 17.8 Å². The third-order valence-corrected chi connectivity index (χ3v) is 3.04. The molecule has 1 aliphatic carbocycles. The second-order valence-corrected chi connectivity index (χ2v) is 4.50. The molecule has 1 saturated heterocycles. The van der Waals surface area contributed by atoms with E-state index in [2.05, 4.69) is 19.9 Å². The molecule has 1 fully saturated rings. The summed E-state index contributed by atoms with van der Waals surface area (Å²) < 4.78 is 5.52. The molecule has 1 aliphatic heterocycles. The van der Waals surface area contributed by atoms with Crippen LogP contribution in [0.5, 0.6) is 0 Å². The molecule has 1 nitrogen and oxygen atoms in total. The molecule has 1 heteroatoms. The minimum Gasteiger partial charge on any atom is -0.381 e. The van der Waals surface area contributed by atoms with Crippen LogP contribution in [0.15, 0.2) is 11.6 Å². The maximum Gasteiger partial charge on any atom is 0.0529 e. The molecule has 0 spiro atoms. The van der Waals surface area contributed by atoms with Crippen molar-refractivity contribution in [3.05, 3.63) is 11.6 Å². The number of fused-ring (bicyclic) bond motifs is 2. The molecule has 0 saturated carbocycles. The first kappa shape index (κ1) is 8.31. The third kappa shape index (κ3) is 1.56. The van der Waals surface area contributed by atoms with Gasteiger partial charge in [-0.05, 0) is 24.7 Å². The molecule has 0 aromatic carbocycles. The highest BCUT2D eigenvalue weighted by atomic mass is 16.5. The molecule has 2 bridgehead atoms. The molecular formula is C11H18O. The second-order valence-electron chi connectivity index (χ2n) is 4.50. The van der Waals surface area contributed by atoms with Crippen LogP contribution in [0.4, 0.5) is 0 Å². The molecule has 2 aliphatic rings. The van der Waals surface area contributed by atoms with E-state index in [1.165, 1.54) is 12.8 Å². The minimum absolute atomic E-state index is 0.731. The van der Waals surface area contributed by atoms with Crippen molar-refractivity contribution in [3.63, 3.8) is 0 Å². The van der Waals surface area contributed by atoms with E-state index in [1.807, 2.05) is 0 Å². The summed E-state index contributed by atoms with van der Waals surface area (Å²) in [5.41, 5.74) is 1.67. The van der Waals surface area contributed by atoms with Crippen LogP contribution < -0.4 is 0 Å². The standard InChI is InChI=1S/C11H18O/c1-8(2)11-4-9-3-10(5-11)7-12-6-9/h4,8-10H,3,5-7H2,1-2H3. The van der Waals surface area contributed by atoms with Gasteiger partial charge in [0.05, 0.1) is 6.61 Å². The summed E-state index contributed by atoms with van der Waals surface area (Å²) in [6, 6.07) is 0. The Labute approximate surface area is 74.8 Å². The summed E-state index contributed by atoms with van der Waals surface area (Å²) in [5.74, 6) is 2.30. The Morgan fingerprint density at radius 2 is 2.25 bits per heavy atom. The van der Waals surface area contributed by atoms with E-state index in [0.717, 1.165) is 31.0 Å². The topological polar surface area (TPSA) is 9.23 Å². The summed E-state index contributed by atoms with van der Waals surface area (Å²) in [5, 5.41) is 0. The van der Waals surface area contributed by atoms with Crippen LogP contribution in [0.25, 0.3) is 0 Å². The molecule has 68 valence electrons. The summed E-state index contributed by atoms with van der Waals surface area (Å²) >= 11 is 0. The van der Waals surface area contributed by atoms with Crippen molar-refractivity contribution in [2.75, 3.05) is 13.2 Å². The van der Waals surface area contributed by atoms with E-state index < -0.39 is 0 Å². The molecule has 0 N–H and O–H groups in total. The Kier molecular flexibility index (Phi) is 2.22. The van der Waals surface area contributed by atoms with Crippen LogP contribution in [0.1, 0.15) is 26.7 Å². The lowest BCUT2D eigenvalue weighted by Gasteiger charge is -2.34. The van der Waals surface area contributed by atoms with Crippen molar-refractivity contribution >= 4 is 0 Å². The van der Waals surface area contributed by atoms with Crippen LogP contribution >= 0.6 is 0 Å². The molecule has 12 heavy (non-hydrogen) atoms. The zero-order chi connectivity index (χ0) is 8.55. The Morgan fingerprint density at radius 3 is 2.92 bits per heavy atom. The highest BCUT2D eigenvalue weighted by Crippen LogP contribution is 2.35. The normalized spacial score (nSPS) is 35.1. The van der Waals surface area contributed by atoms with Crippen molar-refractivity contribution in [1.82, 2.24) is 0 Å². The molecular weight excluding hydrogens is 148 g/mol. The maximum atomic E-state index is 5.52. The summed E-state index contributed by atoms with van der Waals surface area (Å²) in [6.45, 7) is 6.56. The quantitative estimate of drug-likeness (QED) is 0.544. The first-order chi connectivity index (χ1) is 5.75. The molecule has 2 rings (SSSR count). The predicted molar refractivity (Wildman–Crippen MR) is 50.0 cm³/mol. The fourth-order valence-electron chi connectivity index (χ4n) is 2.34. The highest BCUT2D eigenvalue weighted by Gasteiger charge is 2.27. The van der Waals surface area contributed by atoms with E-state index in [9.17, 15) is 0 Å². The lowest BCUT2D eigenvalue weighted by Crippen LogP contribution is -2.29. The molecule has 1 heterocycles. The number of ether oxygens (including phenoxy) is 1. The van der Waals surface area contributed by atoms with Crippen LogP contribution in [0, 0.1) is 17.8 Å². The summed E-state index contributed by atoms with van der Waals surface area (Å²) in [6.07, 6.45) is 5.12. The lowest BCUT2D eigenvalue weighted by atomic mass is 9.78. The SMILES string of the molecule is CC(C)C1=CC2COCC(C1)C2. The van der Waals surface area contributed by atoms with E-state index in [0.29, 0.717) is 0 Å². The molecule has 2 atom stereocenters. The van der Waals surface area contributed by atoms with Gasteiger partial charge in [-0.25, -0.2) is 0 Å². The summed E-state index contributed by atoms with van der Waals surface area (Å²) in [7, 11) is 0. The van der Waals surface area contributed by atoms with Gasteiger partial charge >= 0.3 is 0 Å². The monoisotopic (exact) mass is 166 g/mol. The smallest absolute Gasteiger partial charge is 0.0529 e. The van der Waals surface area contributed by atoms with E-state index >= 15 is 0 Å². The maximum absolute atomic E-state index is 5.52. The number of rotatable bonds is 1. The van der Waals surface area contributed by atoms with Crippen LogP contribution in [0.2, 0.25) is 0 Å². The van der Waals surface area contributed by atoms with Gasteiger partial charge in [-0.2, -0.15) is 0 Å². The van der Waals surface area contributed by atoms with Crippen molar-refractivity contribution in [3.8, 4) is 0 Å². The fraction of sp³-hybridized carbons (Fsp3) is 0.818. The van der Waals surface area contributed by atoms with Crippen molar-refractivity contribution in [1.29, 1.82) is 0 Å². The van der Waals surface area contributed by atoms with Gasteiger partial charge in [0.1, 0.15) is 0 Å². The van der Waals surface area contributed by atoms with Gasteiger partial charge in [0.25, 0.3) is 0 Å². The first-order valence-corrected chi connectivity index (χ1v) is 5.04. The Bertz CT molecular complexity index is 193. The average Bonchev–Trinajstić information content (AvgIpc) is 2.03. The fourth-order valence-corrected chi connectivity index (χ4v) is 2.34. The van der Waals surface area contributed by atoms with Gasteiger partial charge in [0, 0.05) is 12.5 Å². The van der Waals surface area contributed by atoms with Gasteiger partial charge in [-0.1, -0.05) is 25.5 Å². The van der Waals surface area contributed by atoms with Gasteiger partial charge in [-0.15, -0.1) is 0 Å². The van der Waals surface area contributed by atoms with Crippen molar-refractivity contribution < 1.29 is 4.74 Å². The van der Waals surface area contributed by atoms with Gasteiger partial charge in [0.15, 0.2) is 0 Å². The second kappa shape index (κ2) is 3.21. The Morgan fingerprint density at radius 1 is 1.42 bits per heavy atom. The average molecular weight is 166 g/mol. The third-order valence-electron chi connectivity index (χ3n) is 3.04.